The molecule has 1 fully saturated rings. The van der Waals surface area contributed by atoms with Crippen molar-refractivity contribution >= 4 is 34.2 Å². The number of amides is 2. The lowest BCUT2D eigenvalue weighted by molar-refractivity contribution is -0.120. The Labute approximate surface area is 210 Å². The molecule has 0 spiro atoms. The Morgan fingerprint density at radius 3 is 2.25 bits per heavy atom. The molecular formula is C29H30N4O3. The van der Waals surface area contributed by atoms with Crippen LogP contribution >= 0.6 is 0 Å². The van der Waals surface area contributed by atoms with Gasteiger partial charge < -0.3 is 20.4 Å². The van der Waals surface area contributed by atoms with Crippen LogP contribution in [0.1, 0.15) is 48.9 Å². The third-order valence-corrected chi connectivity index (χ3v) is 6.74. The molecule has 0 aliphatic heterocycles. The monoisotopic (exact) mass is 482 g/mol. The van der Waals surface area contributed by atoms with Crippen molar-refractivity contribution in [2.75, 3.05) is 17.7 Å². The van der Waals surface area contributed by atoms with Crippen LogP contribution in [0.5, 0.6) is 5.75 Å². The summed E-state index contributed by atoms with van der Waals surface area (Å²) in [6.45, 7) is 0. The average molecular weight is 483 g/mol. The molecule has 7 heteroatoms. The molecule has 1 aliphatic carbocycles. The van der Waals surface area contributed by atoms with Gasteiger partial charge in [-0.15, -0.1) is 0 Å². The van der Waals surface area contributed by atoms with Gasteiger partial charge in [0.25, 0.3) is 5.91 Å². The second kappa shape index (κ2) is 10.6. The topological polar surface area (TPSA) is 96.1 Å². The number of H-pyrrole nitrogens is 1. The maximum Gasteiger partial charge on any atom is 0.255 e. The summed E-state index contributed by atoms with van der Waals surface area (Å²) in [5.41, 5.74) is 4.57. The third-order valence-electron chi connectivity index (χ3n) is 6.74. The second-order valence-electron chi connectivity index (χ2n) is 9.26. The lowest BCUT2D eigenvalue weighted by atomic mass is 9.99. The first-order valence-electron chi connectivity index (χ1n) is 12.5. The van der Waals surface area contributed by atoms with Gasteiger partial charge in [0.2, 0.25) is 5.91 Å². The zero-order valence-corrected chi connectivity index (χ0v) is 20.3. The SMILES string of the molecule is COc1ccc(C(=O)Nc2ccc3nc(-c4ccc(NC(=O)C5CCCCCC5)cc4)[nH]c3c2)cc1. The molecule has 0 bridgehead atoms. The molecule has 184 valence electrons. The number of carbonyl (C=O) groups is 2. The highest BCUT2D eigenvalue weighted by Gasteiger charge is 2.20. The van der Waals surface area contributed by atoms with Gasteiger partial charge in [-0.25, -0.2) is 4.98 Å². The minimum Gasteiger partial charge on any atom is -0.497 e. The number of hydrogen-bond donors (Lipinski definition) is 3. The van der Waals surface area contributed by atoms with Crippen LogP contribution < -0.4 is 15.4 Å². The maximum atomic E-state index is 12.7. The first-order valence-corrected chi connectivity index (χ1v) is 12.5. The standard InChI is InChI=1S/C29H30N4O3/c1-36-24-15-10-21(11-16-24)29(35)31-23-14-17-25-26(18-23)33-27(32-25)19-8-12-22(13-9-19)30-28(34)20-6-4-2-3-5-7-20/h8-18,20H,2-7H2,1H3,(H,30,34)(H,31,35)(H,32,33). The van der Waals surface area contributed by atoms with Gasteiger partial charge in [-0.1, -0.05) is 25.7 Å². The Morgan fingerprint density at radius 1 is 0.861 bits per heavy atom. The zero-order valence-electron chi connectivity index (χ0n) is 20.3. The molecule has 5 rings (SSSR count). The molecule has 1 heterocycles. The van der Waals surface area contributed by atoms with Crippen molar-refractivity contribution < 1.29 is 14.3 Å². The number of imidazole rings is 1. The van der Waals surface area contributed by atoms with E-state index in [4.69, 9.17) is 4.74 Å². The number of nitrogens with one attached hydrogen (secondary N) is 3. The Balaban J connectivity index is 1.26. The van der Waals surface area contributed by atoms with Crippen LogP contribution in [0, 0.1) is 5.92 Å². The van der Waals surface area contributed by atoms with Gasteiger partial charge in [-0.2, -0.15) is 0 Å². The highest BCUT2D eigenvalue weighted by molar-refractivity contribution is 6.05. The van der Waals surface area contributed by atoms with E-state index in [9.17, 15) is 9.59 Å². The summed E-state index contributed by atoms with van der Waals surface area (Å²) in [5.74, 6) is 1.47. The predicted octanol–water partition coefficient (Wildman–Crippen LogP) is 6.40. The molecule has 0 saturated heterocycles. The predicted molar refractivity (Wildman–Crippen MR) is 142 cm³/mol. The number of anilines is 2. The molecule has 0 atom stereocenters. The van der Waals surface area contributed by atoms with Crippen LogP contribution in [-0.2, 0) is 4.79 Å². The van der Waals surface area contributed by atoms with Crippen LogP contribution in [0.15, 0.2) is 66.7 Å². The van der Waals surface area contributed by atoms with Crippen molar-refractivity contribution in [3.05, 3.63) is 72.3 Å². The number of methoxy groups -OCH3 is 1. The smallest absolute Gasteiger partial charge is 0.255 e. The lowest BCUT2D eigenvalue weighted by Crippen LogP contribution is -2.22. The number of hydrogen-bond acceptors (Lipinski definition) is 4. The van der Waals surface area contributed by atoms with Crippen molar-refractivity contribution in [1.82, 2.24) is 9.97 Å². The van der Waals surface area contributed by atoms with Gasteiger partial charge >= 0.3 is 0 Å². The van der Waals surface area contributed by atoms with Gasteiger partial charge in [-0.05, 0) is 79.6 Å². The largest absolute Gasteiger partial charge is 0.497 e. The van der Waals surface area contributed by atoms with Crippen molar-refractivity contribution in [3.63, 3.8) is 0 Å². The molecule has 36 heavy (non-hydrogen) atoms. The Bertz CT molecular complexity index is 1350. The molecule has 4 aromatic rings. The Morgan fingerprint density at radius 2 is 1.56 bits per heavy atom. The maximum absolute atomic E-state index is 12.7. The quantitative estimate of drug-likeness (QED) is 0.277. The lowest BCUT2D eigenvalue weighted by Gasteiger charge is -2.14. The molecule has 1 aliphatic rings. The summed E-state index contributed by atoms with van der Waals surface area (Å²) in [6, 6.07) is 20.3. The van der Waals surface area contributed by atoms with E-state index in [0.29, 0.717) is 17.0 Å². The highest BCUT2D eigenvalue weighted by Crippen LogP contribution is 2.27. The second-order valence-corrected chi connectivity index (χ2v) is 9.26. The van der Waals surface area contributed by atoms with Gasteiger partial charge in [0.1, 0.15) is 11.6 Å². The van der Waals surface area contributed by atoms with Crippen LogP contribution in [-0.4, -0.2) is 28.9 Å². The molecule has 7 nitrogen and oxygen atoms in total. The van der Waals surface area contributed by atoms with Gasteiger partial charge in [0, 0.05) is 28.4 Å². The van der Waals surface area contributed by atoms with Crippen molar-refractivity contribution in [1.29, 1.82) is 0 Å². The minimum atomic E-state index is -0.196. The highest BCUT2D eigenvalue weighted by atomic mass is 16.5. The number of aromatic nitrogens is 2. The third kappa shape index (κ3) is 5.40. The summed E-state index contributed by atoms with van der Waals surface area (Å²) in [5, 5.41) is 6.00. The number of aromatic amines is 1. The van der Waals surface area contributed by atoms with Crippen LogP contribution in [0.2, 0.25) is 0 Å². The van der Waals surface area contributed by atoms with Crippen LogP contribution in [0.4, 0.5) is 11.4 Å². The fraction of sp³-hybridized carbons (Fsp3) is 0.276. The fourth-order valence-corrected chi connectivity index (χ4v) is 4.67. The van der Waals surface area contributed by atoms with Crippen molar-refractivity contribution in [2.24, 2.45) is 5.92 Å². The van der Waals surface area contributed by atoms with E-state index in [1.807, 2.05) is 42.5 Å². The summed E-state index contributed by atoms with van der Waals surface area (Å²) in [6.07, 6.45) is 6.68. The first kappa shape index (κ1) is 23.6. The zero-order chi connectivity index (χ0) is 24.9. The number of carbonyl (C=O) groups excluding carboxylic acids is 2. The molecule has 1 saturated carbocycles. The van der Waals surface area contributed by atoms with Crippen molar-refractivity contribution in [3.8, 4) is 17.1 Å². The first-order chi connectivity index (χ1) is 17.6. The van der Waals surface area contributed by atoms with E-state index in [1.54, 1.807) is 31.4 Å². The molecule has 2 amide bonds. The Kier molecular flexibility index (Phi) is 6.98. The molecular weight excluding hydrogens is 452 g/mol. The van der Waals surface area contributed by atoms with E-state index in [-0.39, 0.29) is 17.7 Å². The fourth-order valence-electron chi connectivity index (χ4n) is 4.67. The van der Waals surface area contributed by atoms with Gasteiger partial charge in [0.05, 0.1) is 18.1 Å². The van der Waals surface area contributed by atoms with Crippen molar-refractivity contribution in [2.45, 2.75) is 38.5 Å². The molecule has 3 aromatic carbocycles. The number of ether oxygens (including phenoxy) is 1. The van der Waals surface area contributed by atoms with Crippen LogP contribution in [0.3, 0.4) is 0 Å². The Hall–Kier alpha value is -4.13. The number of rotatable bonds is 6. The molecule has 3 N–H and O–H groups in total. The summed E-state index contributed by atoms with van der Waals surface area (Å²) in [7, 11) is 1.59. The van der Waals surface area contributed by atoms with E-state index in [0.717, 1.165) is 53.8 Å². The molecule has 0 unspecified atom stereocenters. The van der Waals surface area contributed by atoms with Gasteiger partial charge in [0.15, 0.2) is 0 Å². The van der Waals surface area contributed by atoms with E-state index in [2.05, 4.69) is 20.6 Å². The van der Waals surface area contributed by atoms with Crippen LogP contribution in [0.25, 0.3) is 22.4 Å². The molecule has 1 aromatic heterocycles. The minimum absolute atomic E-state index is 0.113. The van der Waals surface area contributed by atoms with E-state index < -0.39 is 0 Å². The number of nitrogens with zero attached hydrogens (tertiary/aromatic N) is 1. The molecule has 0 radical (unpaired) electrons. The summed E-state index contributed by atoms with van der Waals surface area (Å²) in [4.78, 5) is 33.3. The van der Waals surface area contributed by atoms with E-state index in [1.165, 1.54) is 12.8 Å². The summed E-state index contributed by atoms with van der Waals surface area (Å²) >= 11 is 0. The average Bonchev–Trinajstić information content (AvgIpc) is 3.13. The van der Waals surface area contributed by atoms with Gasteiger partial charge in [-0.3, -0.25) is 9.59 Å². The normalized spacial score (nSPS) is 14.2. The summed E-state index contributed by atoms with van der Waals surface area (Å²) < 4.78 is 5.15. The van der Waals surface area contributed by atoms with E-state index >= 15 is 0 Å². The number of benzene rings is 3. The number of fused-ring (bicyclic) bond motifs is 1.